The Morgan fingerprint density at radius 3 is 2.37 bits per heavy atom. The summed E-state index contributed by atoms with van der Waals surface area (Å²) in [6, 6.07) is 21.0. The third-order valence-corrected chi connectivity index (χ3v) is 5.89. The summed E-state index contributed by atoms with van der Waals surface area (Å²) >= 11 is 0. The molecule has 6 nitrogen and oxygen atoms in total. The number of hydrogen-bond acceptors (Lipinski definition) is 3. The fraction of sp³-hybridized carbons (Fsp3) is 0.207. The predicted octanol–water partition coefficient (Wildman–Crippen LogP) is 6.37. The van der Waals surface area contributed by atoms with Gasteiger partial charge in [-0.25, -0.2) is 9.48 Å². The number of nitrogens with zero attached hydrogens (tertiary/aromatic N) is 2. The van der Waals surface area contributed by atoms with Crippen molar-refractivity contribution < 1.29 is 14.7 Å². The van der Waals surface area contributed by atoms with Gasteiger partial charge in [-0.3, -0.25) is 4.79 Å². The largest absolute Gasteiger partial charge is 0.478 e. The van der Waals surface area contributed by atoms with Crippen LogP contribution in [0.3, 0.4) is 0 Å². The Balaban J connectivity index is 1.63. The fourth-order valence-electron chi connectivity index (χ4n) is 4.06. The van der Waals surface area contributed by atoms with E-state index in [-0.39, 0.29) is 16.7 Å². The number of amides is 1. The Hall–Kier alpha value is -4.19. The first-order valence-corrected chi connectivity index (χ1v) is 11.5. The number of benzene rings is 3. The van der Waals surface area contributed by atoms with E-state index >= 15 is 0 Å². The Morgan fingerprint density at radius 2 is 1.69 bits per heavy atom. The van der Waals surface area contributed by atoms with Crippen molar-refractivity contribution in [2.24, 2.45) is 0 Å². The van der Waals surface area contributed by atoms with Gasteiger partial charge in [0, 0.05) is 17.2 Å². The number of aromatic nitrogens is 2. The minimum atomic E-state index is -1.13. The molecule has 2 N–H and O–H groups in total. The van der Waals surface area contributed by atoms with Crippen LogP contribution in [-0.4, -0.2) is 26.8 Å². The van der Waals surface area contributed by atoms with Gasteiger partial charge in [0.15, 0.2) is 0 Å². The second kappa shape index (κ2) is 9.22. The van der Waals surface area contributed by atoms with Crippen LogP contribution in [-0.2, 0) is 10.2 Å². The first-order valence-electron chi connectivity index (χ1n) is 11.5. The van der Waals surface area contributed by atoms with Crippen LogP contribution in [0.2, 0.25) is 0 Å². The van der Waals surface area contributed by atoms with Gasteiger partial charge < -0.3 is 10.4 Å². The zero-order valence-corrected chi connectivity index (χ0v) is 20.6. The summed E-state index contributed by atoms with van der Waals surface area (Å²) in [5.41, 5.74) is 4.20. The Morgan fingerprint density at radius 1 is 0.971 bits per heavy atom. The maximum absolute atomic E-state index is 12.8. The fourth-order valence-corrected chi connectivity index (χ4v) is 4.06. The number of carbonyl (C=O) groups is 2. The van der Waals surface area contributed by atoms with Crippen LogP contribution in [0, 0.1) is 6.92 Å². The number of allylic oxidation sites excluding steroid dienone is 1. The molecule has 4 aromatic rings. The van der Waals surface area contributed by atoms with E-state index in [0.29, 0.717) is 5.69 Å². The number of anilines is 1. The summed E-state index contributed by atoms with van der Waals surface area (Å²) in [6.07, 6.45) is 1.48. The lowest BCUT2D eigenvalue weighted by atomic mass is 9.91. The molecular formula is C29H29N3O3. The molecule has 0 fully saturated rings. The van der Waals surface area contributed by atoms with Crippen molar-refractivity contribution in [3.05, 3.63) is 95.3 Å². The predicted molar refractivity (Wildman–Crippen MR) is 140 cm³/mol. The van der Waals surface area contributed by atoms with E-state index in [4.69, 9.17) is 0 Å². The molecule has 0 aliphatic carbocycles. The van der Waals surface area contributed by atoms with E-state index in [1.165, 1.54) is 6.08 Å². The number of carboxylic acids is 1. The Bertz CT molecular complexity index is 1470. The van der Waals surface area contributed by atoms with Crippen molar-refractivity contribution in [1.29, 1.82) is 0 Å². The molecule has 0 bridgehead atoms. The van der Waals surface area contributed by atoms with E-state index in [1.807, 2.05) is 62.4 Å². The van der Waals surface area contributed by atoms with Crippen LogP contribution in [0.4, 0.5) is 5.69 Å². The summed E-state index contributed by atoms with van der Waals surface area (Å²) in [6.45, 7) is 10.0. The number of aryl methyl sites for hydroxylation is 1. The molecule has 178 valence electrons. The maximum atomic E-state index is 12.8. The van der Waals surface area contributed by atoms with Crippen molar-refractivity contribution in [2.45, 2.75) is 40.0 Å². The molecule has 0 saturated heterocycles. The third kappa shape index (κ3) is 5.17. The van der Waals surface area contributed by atoms with Crippen molar-refractivity contribution in [3.63, 3.8) is 0 Å². The highest BCUT2D eigenvalue weighted by Crippen LogP contribution is 2.28. The quantitative estimate of drug-likeness (QED) is 0.334. The monoisotopic (exact) mass is 467 g/mol. The lowest BCUT2D eigenvalue weighted by Gasteiger charge is -2.20. The molecule has 6 heteroatoms. The highest BCUT2D eigenvalue weighted by atomic mass is 16.4. The minimum absolute atomic E-state index is 0.000574. The van der Waals surface area contributed by atoms with Gasteiger partial charge in [0.05, 0.1) is 22.6 Å². The van der Waals surface area contributed by atoms with Crippen molar-refractivity contribution in [1.82, 2.24) is 9.78 Å². The summed E-state index contributed by atoms with van der Waals surface area (Å²) in [5.74, 6) is -1.52. The van der Waals surface area contributed by atoms with Crippen molar-refractivity contribution in [3.8, 4) is 5.69 Å². The molecule has 3 aromatic carbocycles. The molecule has 0 spiro atoms. The molecule has 0 saturated carbocycles. The molecule has 4 rings (SSSR count). The maximum Gasteiger partial charge on any atom is 0.337 e. The van der Waals surface area contributed by atoms with Gasteiger partial charge in [-0.15, -0.1) is 0 Å². The SMILES string of the molecule is CC(=CC(=O)Nc1ccc(-n2nc(C)cc2C(C)(C)C)cc1C(=O)O)c1ccc2ccccc2c1. The Labute approximate surface area is 204 Å². The van der Waals surface area contributed by atoms with Gasteiger partial charge in [0.2, 0.25) is 5.91 Å². The highest BCUT2D eigenvalue weighted by molar-refractivity contribution is 6.07. The Kier molecular flexibility index (Phi) is 6.31. The summed E-state index contributed by atoms with van der Waals surface area (Å²) in [4.78, 5) is 24.8. The number of carbonyl (C=O) groups excluding carboxylic acids is 1. The normalized spacial score (nSPS) is 12.1. The van der Waals surface area contributed by atoms with Crippen molar-refractivity contribution >= 4 is 33.9 Å². The topological polar surface area (TPSA) is 84.2 Å². The second-order valence-electron chi connectivity index (χ2n) is 9.75. The van der Waals surface area contributed by atoms with Crippen LogP contribution in [0.1, 0.15) is 55.0 Å². The lowest BCUT2D eigenvalue weighted by Crippen LogP contribution is -2.18. The number of rotatable bonds is 5. The van der Waals surface area contributed by atoms with Crippen LogP contribution in [0.15, 0.2) is 72.8 Å². The zero-order chi connectivity index (χ0) is 25.3. The molecule has 0 radical (unpaired) electrons. The second-order valence-corrected chi connectivity index (χ2v) is 9.75. The number of carboxylic acid groups (broad SMARTS) is 1. The minimum Gasteiger partial charge on any atom is -0.478 e. The number of fused-ring (bicyclic) bond motifs is 1. The number of hydrogen-bond donors (Lipinski definition) is 2. The van der Waals surface area contributed by atoms with Crippen LogP contribution >= 0.6 is 0 Å². The van der Waals surface area contributed by atoms with Crippen LogP contribution < -0.4 is 5.32 Å². The average Bonchev–Trinajstić information content (AvgIpc) is 3.21. The van der Waals surface area contributed by atoms with Crippen LogP contribution in [0.25, 0.3) is 22.0 Å². The van der Waals surface area contributed by atoms with Gasteiger partial charge in [-0.1, -0.05) is 57.2 Å². The summed E-state index contributed by atoms with van der Waals surface area (Å²) in [5, 5.41) is 19.4. The van der Waals surface area contributed by atoms with Gasteiger partial charge in [-0.05, 0) is 66.1 Å². The van der Waals surface area contributed by atoms with Crippen LogP contribution in [0.5, 0.6) is 0 Å². The van der Waals surface area contributed by atoms with E-state index in [0.717, 1.165) is 33.3 Å². The van der Waals surface area contributed by atoms with E-state index < -0.39 is 11.9 Å². The average molecular weight is 468 g/mol. The molecule has 35 heavy (non-hydrogen) atoms. The van der Waals surface area contributed by atoms with E-state index in [1.54, 1.807) is 22.9 Å². The smallest absolute Gasteiger partial charge is 0.337 e. The van der Waals surface area contributed by atoms with Gasteiger partial charge in [0.25, 0.3) is 0 Å². The zero-order valence-electron chi connectivity index (χ0n) is 20.6. The number of nitrogens with one attached hydrogen (secondary N) is 1. The lowest BCUT2D eigenvalue weighted by molar-refractivity contribution is -0.111. The summed E-state index contributed by atoms with van der Waals surface area (Å²) < 4.78 is 1.76. The molecule has 0 unspecified atom stereocenters. The van der Waals surface area contributed by atoms with E-state index in [2.05, 4.69) is 31.2 Å². The molecule has 1 heterocycles. The molecule has 1 amide bonds. The van der Waals surface area contributed by atoms with Gasteiger partial charge in [-0.2, -0.15) is 5.10 Å². The van der Waals surface area contributed by atoms with E-state index in [9.17, 15) is 14.7 Å². The number of aromatic carboxylic acids is 1. The first-order chi connectivity index (χ1) is 16.5. The van der Waals surface area contributed by atoms with Gasteiger partial charge >= 0.3 is 5.97 Å². The molecule has 0 atom stereocenters. The molecule has 1 aromatic heterocycles. The molecule has 0 aliphatic heterocycles. The third-order valence-electron chi connectivity index (χ3n) is 5.89. The molecular weight excluding hydrogens is 438 g/mol. The van der Waals surface area contributed by atoms with Gasteiger partial charge in [0.1, 0.15) is 0 Å². The standard InChI is InChI=1S/C29H29N3O3/c1-18(21-11-10-20-8-6-7-9-22(20)16-21)14-27(33)30-25-13-12-23(17-24(25)28(34)35)32-26(29(3,4)5)15-19(2)31-32/h6-17H,1-5H3,(H,30,33)(H,34,35). The highest BCUT2D eigenvalue weighted by Gasteiger charge is 2.22. The molecule has 0 aliphatic rings. The first kappa shape index (κ1) is 24.0. The van der Waals surface area contributed by atoms with Crippen molar-refractivity contribution in [2.75, 3.05) is 5.32 Å². The summed E-state index contributed by atoms with van der Waals surface area (Å²) in [7, 11) is 0.